The normalized spacial score (nSPS) is 29.6. The van der Waals surface area contributed by atoms with Crippen molar-refractivity contribution >= 4 is 28.4 Å². The highest BCUT2D eigenvalue weighted by Crippen LogP contribution is 2.38. The lowest BCUT2D eigenvalue weighted by atomic mass is 9.85. The van der Waals surface area contributed by atoms with Crippen molar-refractivity contribution < 1.29 is 4.79 Å². The summed E-state index contributed by atoms with van der Waals surface area (Å²) in [7, 11) is 0. The average Bonchev–Trinajstić information content (AvgIpc) is 3.30. The number of hydrogen-bond donors (Lipinski definition) is 2. The predicted octanol–water partition coefficient (Wildman–Crippen LogP) is 3.13. The summed E-state index contributed by atoms with van der Waals surface area (Å²) in [5.41, 5.74) is 3.57. The van der Waals surface area contributed by atoms with Crippen LogP contribution in [-0.4, -0.2) is 33.9 Å². The van der Waals surface area contributed by atoms with E-state index in [0.29, 0.717) is 6.04 Å². The Labute approximate surface area is 157 Å². The van der Waals surface area contributed by atoms with Crippen LogP contribution in [0.3, 0.4) is 0 Å². The minimum Gasteiger partial charge on any atom is -0.358 e. The number of hydrogen-bond acceptors (Lipinski definition) is 3. The van der Waals surface area contributed by atoms with Crippen LogP contribution in [0.4, 0.5) is 0 Å². The third-order valence-electron chi connectivity index (χ3n) is 6.50. The number of nitrogens with zero attached hydrogens (tertiary/aromatic N) is 2. The Bertz CT molecular complexity index is 930. The molecule has 4 atom stereocenters. The second-order valence-corrected chi connectivity index (χ2v) is 8.30. The number of carbonyl (C=O) groups is 1. The Balaban J connectivity index is 1.33. The number of aromatic nitrogens is 1. The van der Waals surface area contributed by atoms with Crippen molar-refractivity contribution in [3.05, 3.63) is 34.5 Å². The summed E-state index contributed by atoms with van der Waals surface area (Å²) in [6.07, 6.45) is 7.81. The first-order valence-corrected chi connectivity index (χ1v) is 9.79. The molecule has 2 N–H and O–H groups in total. The highest BCUT2D eigenvalue weighted by atomic mass is 35.5. The van der Waals surface area contributed by atoms with E-state index >= 15 is 0 Å². The Morgan fingerprint density at radius 1 is 1.35 bits per heavy atom. The molecule has 0 unspecified atom stereocenters. The van der Waals surface area contributed by atoms with E-state index in [0.717, 1.165) is 54.5 Å². The SMILES string of the molecule is N#CN1[C@H]2CC[C@@H]1[C@H](NC(=O)[C@@H]1CCc3[nH]c4ccc(Cl)cc4c3C1)C2. The number of rotatable bonds is 2. The standard InChI is InChI=1S/C20H21ClN4O/c21-12-2-5-17-15(8-12)14-7-11(1-4-16(14)23-17)20(26)24-18-9-13-3-6-19(18)25(13)10-22/h2,5,8,11,13,18-19,23H,1,3-4,6-7,9H2,(H,24,26)/t11-,13+,18-,19-/m1/s1. The molecule has 6 heteroatoms. The number of fused-ring (bicyclic) bond motifs is 5. The van der Waals surface area contributed by atoms with Crippen molar-refractivity contribution in [3.63, 3.8) is 0 Å². The van der Waals surface area contributed by atoms with Crippen LogP contribution < -0.4 is 5.32 Å². The molecule has 2 bridgehead atoms. The van der Waals surface area contributed by atoms with Crippen molar-refractivity contribution in [2.75, 3.05) is 0 Å². The van der Waals surface area contributed by atoms with E-state index in [9.17, 15) is 10.1 Å². The van der Waals surface area contributed by atoms with Gasteiger partial charge in [-0.2, -0.15) is 5.26 Å². The van der Waals surface area contributed by atoms with Gasteiger partial charge in [0.15, 0.2) is 6.19 Å². The highest BCUT2D eigenvalue weighted by Gasteiger charge is 2.47. The van der Waals surface area contributed by atoms with Gasteiger partial charge < -0.3 is 15.2 Å². The van der Waals surface area contributed by atoms with Crippen LogP contribution in [0, 0.1) is 17.4 Å². The van der Waals surface area contributed by atoms with E-state index in [1.54, 1.807) is 0 Å². The van der Waals surface area contributed by atoms with Crippen LogP contribution >= 0.6 is 11.6 Å². The Morgan fingerprint density at radius 2 is 2.23 bits per heavy atom. The molecule has 2 aromatic rings. The molecule has 26 heavy (non-hydrogen) atoms. The molecule has 0 spiro atoms. The number of H-pyrrole nitrogens is 1. The second-order valence-electron chi connectivity index (χ2n) is 7.87. The van der Waals surface area contributed by atoms with Gasteiger partial charge in [0, 0.05) is 33.6 Å². The third-order valence-corrected chi connectivity index (χ3v) is 6.74. The van der Waals surface area contributed by atoms with E-state index in [1.807, 2.05) is 23.1 Å². The molecule has 5 nitrogen and oxygen atoms in total. The maximum atomic E-state index is 12.9. The van der Waals surface area contributed by atoms with E-state index in [-0.39, 0.29) is 23.9 Å². The zero-order valence-corrected chi connectivity index (χ0v) is 15.2. The number of amides is 1. The van der Waals surface area contributed by atoms with Crippen molar-refractivity contribution in [3.8, 4) is 6.19 Å². The quantitative estimate of drug-likeness (QED) is 0.800. The van der Waals surface area contributed by atoms with Gasteiger partial charge in [-0.3, -0.25) is 4.79 Å². The number of nitrogens with one attached hydrogen (secondary N) is 2. The number of benzene rings is 1. The minimum absolute atomic E-state index is 0.00450. The molecule has 1 aromatic carbocycles. The number of halogens is 1. The summed E-state index contributed by atoms with van der Waals surface area (Å²) in [5, 5.41) is 14.4. The van der Waals surface area contributed by atoms with Gasteiger partial charge in [-0.05, 0) is 62.3 Å². The molecule has 1 aliphatic carbocycles. The van der Waals surface area contributed by atoms with Crippen molar-refractivity contribution in [2.24, 2.45) is 5.92 Å². The minimum atomic E-state index is -0.00450. The molecule has 134 valence electrons. The molecule has 3 aliphatic rings. The molecule has 1 amide bonds. The average molecular weight is 369 g/mol. The van der Waals surface area contributed by atoms with Crippen LogP contribution in [0.2, 0.25) is 5.02 Å². The summed E-state index contributed by atoms with van der Waals surface area (Å²) in [5.74, 6) is 0.137. The van der Waals surface area contributed by atoms with Gasteiger partial charge in [0.1, 0.15) is 0 Å². The van der Waals surface area contributed by atoms with Gasteiger partial charge in [0.25, 0.3) is 0 Å². The lowest BCUT2D eigenvalue weighted by Gasteiger charge is -2.27. The molecule has 0 saturated carbocycles. The van der Waals surface area contributed by atoms with Gasteiger partial charge in [-0.15, -0.1) is 0 Å². The first-order chi connectivity index (χ1) is 12.6. The zero-order chi connectivity index (χ0) is 17.8. The highest BCUT2D eigenvalue weighted by molar-refractivity contribution is 6.31. The molecule has 2 saturated heterocycles. The Hall–Kier alpha value is -2.19. The van der Waals surface area contributed by atoms with Gasteiger partial charge in [0.2, 0.25) is 5.91 Å². The first-order valence-electron chi connectivity index (χ1n) is 9.41. The summed E-state index contributed by atoms with van der Waals surface area (Å²) >= 11 is 6.17. The Morgan fingerprint density at radius 3 is 3.04 bits per heavy atom. The Kier molecular flexibility index (Phi) is 3.65. The summed E-state index contributed by atoms with van der Waals surface area (Å²) in [4.78, 5) is 18.3. The monoisotopic (exact) mass is 368 g/mol. The van der Waals surface area contributed by atoms with Crippen LogP contribution in [0.25, 0.3) is 10.9 Å². The molecule has 5 rings (SSSR count). The molecule has 0 radical (unpaired) electrons. The molecule has 1 aromatic heterocycles. The fraction of sp³-hybridized carbons (Fsp3) is 0.500. The van der Waals surface area contributed by atoms with Gasteiger partial charge >= 0.3 is 0 Å². The van der Waals surface area contributed by atoms with Crippen molar-refractivity contribution in [2.45, 2.75) is 56.7 Å². The first kappa shape index (κ1) is 16.0. The maximum Gasteiger partial charge on any atom is 0.223 e. The van der Waals surface area contributed by atoms with Crippen molar-refractivity contribution in [1.29, 1.82) is 5.26 Å². The summed E-state index contributed by atoms with van der Waals surface area (Å²) in [6, 6.07) is 6.54. The molecule has 2 fully saturated rings. The lowest BCUT2D eigenvalue weighted by molar-refractivity contribution is -0.126. The van der Waals surface area contributed by atoms with Crippen molar-refractivity contribution in [1.82, 2.24) is 15.2 Å². The largest absolute Gasteiger partial charge is 0.358 e. The van der Waals surface area contributed by atoms with Crippen LogP contribution in [0.15, 0.2) is 18.2 Å². The molecular weight excluding hydrogens is 348 g/mol. The van der Waals surface area contributed by atoms with Crippen LogP contribution in [0.5, 0.6) is 0 Å². The van der Waals surface area contributed by atoms with E-state index in [4.69, 9.17) is 11.6 Å². The van der Waals surface area contributed by atoms with Gasteiger partial charge in [0.05, 0.1) is 12.1 Å². The number of nitriles is 1. The van der Waals surface area contributed by atoms with Gasteiger partial charge in [-0.25, -0.2) is 0 Å². The van der Waals surface area contributed by atoms with E-state index in [1.165, 1.54) is 11.3 Å². The maximum absolute atomic E-state index is 12.9. The number of aromatic amines is 1. The fourth-order valence-corrected chi connectivity index (χ4v) is 5.39. The fourth-order valence-electron chi connectivity index (χ4n) is 5.21. The number of carbonyl (C=O) groups excluding carboxylic acids is 1. The summed E-state index contributed by atoms with van der Waals surface area (Å²) < 4.78 is 0. The van der Waals surface area contributed by atoms with Gasteiger partial charge in [-0.1, -0.05) is 11.6 Å². The topological polar surface area (TPSA) is 71.9 Å². The van der Waals surface area contributed by atoms with Crippen LogP contribution in [0.1, 0.15) is 36.9 Å². The zero-order valence-electron chi connectivity index (χ0n) is 14.5. The second kappa shape index (κ2) is 5.92. The summed E-state index contributed by atoms with van der Waals surface area (Å²) in [6.45, 7) is 0. The number of aryl methyl sites for hydroxylation is 1. The van der Waals surface area contributed by atoms with E-state index in [2.05, 4.69) is 16.5 Å². The predicted molar refractivity (Wildman–Crippen MR) is 99.6 cm³/mol. The van der Waals surface area contributed by atoms with E-state index < -0.39 is 0 Å². The molecule has 3 heterocycles. The lowest BCUT2D eigenvalue weighted by Crippen LogP contribution is -2.46. The smallest absolute Gasteiger partial charge is 0.223 e. The van der Waals surface area contributed by atoms with Crippen LogP contribution in [-0.2, 0) is 17.6 Å². The molecular formula is C20H21ClN4O. The molecule has 2 aliphatic heterocycles. The third kappa shape index (κ3) is 2.39.